The van der Waals surface area contributed by atoms with Crippen LogP contribution in [-0.4, -0.2) is 25.6 Å². The van der Waals surface area contributed by atoms with E-state index in [-0.39, 0.29) is 6.61 Å². The van der Waals surface area contributed by atoms with Crippen LogP contribution in [0, 0.1) is 0 Å². The maximum atomic E-state index is 8.91. The molecule has 1 rings (SSSR count). The van der Waals surface area contributed by atoms with Crippen molar-refractivity contribution in [3.8, 4) is 0 Å². The first-order valence-corrected chi connectivity index (χ1v) is 5.90. The summed E-state index contributed by atoms with van der Waals surface area (Å²) in [4.78, 5) is 0. The number of aliphatic hydroxyl groups is 1. The molecule has 0 unspecified atom stereocenters. The van der Waals surface area contributed by atoms with Crippen LogP contribution in [0.4, 0.5) is 0 Å². The van der Waals surface area contributed by atoms with Gasteiger partial charge in [0.05, 0.1) is 0 Å². The van der Waals surface area contributed by atoms with E-state index in [1.165, 1.54) is 19.3 Å². The van der Waals surface area contributed by atoms with Crippen molar-refractivity contribution in [2.75, 3.05) is 5.75 Å². The van der Waals surface area contributed by atoms with Crippen LogP contribution >= 0.6 is 11.8 Å². The number of unbranched alkanes of at least 4 members (excludes halogenated alkanes) is 2. The maximum absolute atomic E-state index is 8.91. The van der Waals surface area contributed by atoms with Gasteiger partial charge in [-0.1, -0.05) is 31.5 Å². The monoisotopic (exact) mass is 215 g/mol. The van der Waals surface area contributed by atoms with E-state index in [1.807, 2.05) is 11.6 Å². The fourth-order valence-corrected chi connectivity index (χ4v) is 2.05. The molecule has 0 radical (unpaired) electrons. The summed E-state index contributed by atoms with van der Waals surface area (Å²) >= 11 is 1.70. The summed E-state index contributed by atoms with van der Waals surface area (Å²) in [6.45, 7) is 2.15. The molecule has 0 saturated heterocycles. The number of rotatable bonds is 6. The lowest BCUT2D eigenvalue weighted by Crippen LogP contribution is -1.98. The Labute approximate surface area is 88.7 Å². The van der Waals surface area contributed by atoms with Crippen molar-refractivity contribution < 1.29 is 5.11 Å². The third-order valence-electron chi connectivity index (χ3n) is 2.05. The van der Waals surface area contributed by atoms with Gasteiger partial charge in [-0.2, -0.15) is 0 Å². The highest BCUT2D eigenvalue weighted by molar-refractivity contribution is 7.99. The number of aliphatic hydroxyl groups excluding tert-OH is 1. The molecule has 14 heavy (non-hydrogen) atoms. The normalized spacial score (nSPS) is 10.8. The van der Waals surface area contributed by atoms with E-state index in [1.54, 1.807) is 11.8 Å². The van der Waals surface area contributed by atoms with Gasteiger partial charge in [0.2, 0.25) is 0 Å². The molecule has 0 aliphatic carbocycles. The molecule has 1 N–H and O–H groups in total. The molecule has 0 amide bonds. The van der Waals surface area contributed by atoms with Gasteiger partial charge in [-0.15, -0.1) is 10.2 Å². The highest BCUT2D eigenvalue weighted by Gasteiger charge is 2.06. The van der Waals surface area contributed by atoms with Gasteiger partial charge in [-0.25, -0.2) is 0 Å². The minimum atomic E-state index is -0.0426. The molecule has 0 atom stereocenters. The van der Waals surface area contributed by atoms with E-state index in [0.717, 1.165) is 10.9 Å². The highest BCUT2D eigenvalue weighted by Crippen LogP contribution is 2.17. The maximum Gasteiger partial charge on any atom is 0.191 e. The molecule has 1 aromatic heterocycles. The van der Waals surface area contributed by atoms with Crippen LogP contribution in [-0.2, 0) is 13.7 Å². The summed E-state index contributed by atoms with van der Waals surface area (Å²) in [7, 11) is 1.88. The van der Waals surface area contributed by atoms with Crippen molar-refractivity contribution >= 4 is 11.8 Å². The zero-order valence-electron chi connectivity index (χ0n) is 8.73. The topological polar surface area (TPSA) is 50.9 Å². The molecule has 1 heterocycles. The van der Waals surface area contributed by atoms with Crippen LogP contribution in [0.2, 0.25) is 0 Å². The van der Waals surface area contributed by atoms with Gasteiger partial charge in [0.1, 0.15) is 6.61 Å². The molecular weight excluding hydrogens is 198 g/mol. The van der Waals surface area contributed by atoms with Crippen LogP contribution in [0.5, 0.6) is 0 Å². The molecule has 80 valence electrons. The number of thioether (sulfide) groups is 1. The largest absolute Gasteiger partial charge is 0.388 e. The van der Waals surface area contributed by atoms with Crippen LogP contribution in [0.1, 0.15) is 32.0 Å². The minimum absolute atomic E-state index is 0.0426. The fourth-order valence-electron chi connectivity index (χ4n) is 1.12. The van der Waals surface area contributed by atoms with Crippen molar-refractivity contribution in [1.82, 2.24) is 14.8 Å². The highest BCUT2D eigenvalue weighted by atomic mass is 32.2. The molecule has 4 nitrogen and oxygen atoms in total. The average molecular weight is 215 g/mol. The Bertz CT molecular complexity index is 275. The number of hydrogen-bond donors (Lipinski definition) is 1. The zero-order chi connectivity index (χ0) is 10.4. The molecule has 0 aliphatic heterocycles. The zero-order valence-corrected chi connectivity index (χ0v) is 9.55. The molecule has 0 fully saturated rings. The van der Waals surface area contributed by atoms with Crippen LogP contribution in [0.3, 0.4) is 0 Å². The molecule has 0 bridgehead atoms. The van der Waals surface area contributed by atoms with E-state index in [2.05, 4.69) is 17.1 Å². The summed E-state index contributed by atoms with van der Waals surface area (Å²) in [5.41, 5.74) is 0. The SMILES string of the molecule is CCCCCSc1nnc(CO)n1C. The molecule has 0 spiro atoms. The second-order valence-corrected chi connectivity index (χ2v) is 4.23. The molecule has 0 aromatic carbocycles. The van der Waals surface area contributed by atoms with E-state index in [4.69, 9.17) is 5.11 Å². The van der Waals surface area contributed by atoms with Gasteiger partial charge in [0, 0.05) is 12.8 Å². The lowest BCUT2D eigenvalue weighted by atomic mass is 10.3. The van der Waals surface area contributed by atoms with Gasteiger partial charge < -0.3 is 9.67 Å². The first-order valence-electron chi connectivity index (χ1n) is 4.91. The first-order chi connectivity index (χ1) is 6.79. The smallest absolute Gasteiger partial charge is 0.191 e. The molecule has 0 saturated carbocycles. The standard InChI is InChI=1S/C9H17N3OS/c1-3-4-5-6-14-9-11-10-8(7-13)12(9)2/h13H,3-7H2,1-2H3. The number of aromatic nitrogens is 3. The van der Waals surface area contributed by atoms with Crippen LogP contribution in [0.25, 0.3) is 0 Å². The van der Waals surface area contributed by atoms with E-state index in [9.17, 15) is 0 Å². The quantitative estimate of drug-likeness (QED) is 0.578. The van der Waals surface area contributed by atoms with Crippen molar-refractivity contribution in [1.29, 1.82) is 0 Å². The Balaban J connectivity index is 2.39. The van der Waals surface area contributed by atoms with Gasteiger partial charge in [-0.05, 0) is 6.42 Å². The summed E-state index contributed by atoms with van der Waals surface area (Å²) in [5, 5.41) is 17.7. The third-order valence-corrected chi connectivity index (χ3v) is 3.15. The van der Waals surface area contributed by atoms with Gasteiger partial charge in [-0.3, -0.25) is 0 Å². The minimum Gasteiger partial charge on any atom is -0.388 e. The Morgan fingerprint density at radius 1 is 1.36 bits per heavy atom. The predicted molar refractivity (Wildman–Crippen MR) is 57.2 cm³/mol. The number of nitrogens with zero attached hydrogens (tertiary/aromatic N) is 3. The summed E-state index contributed by atoms with van der Waals surface area (Å²) in [6, 6.07) is 0. The van der Waals surface area contributed by atoms with Gasteiger partial charge >= 0.3 is 0 Å². The summed E-state index contributed by atoms with van der Waals surface area (Å²) in [6.07, 6.45) is 3.71. The van der Waals surface area contributed by atoms with Gasteiger partial charge in [0.15, 0.2) is 11.0 Å². The average Bonchev–Trinajstić information content (AvgIpc) is 2.55. The van der Waals surface area contributed by atoms with E-state index < -0.39 is 0 Å². The molecular formula is C9H17N3OS. The second kappa shape index (κ2) is 6.03. The Kier molecular flexibility index (Phi) is 4.97. The summed E-state index contributed by atoms with van der Waals surface area (Å²) in [5.74, 6) is 1.70. The van der Waals surface area contributed by atoms with E-state index >= 15 is 0 Å². The Morgan fingerprint density at radius 3 is 2.71 bits per heavy atom. The van der Waals surface area contributed by atoms with Crippen molar-refractivity contribution in [3.63, 3.8) is 0 Å². The number of hydrogen-bond acceptors (Lipinski definition) is 4. The summed E-state index contributed by atoms with van der Waals surface area (Å²) < 4.78 is 1.84. The second-order valence-electron chi connectivity index (χ2n) is 3.17. The predicted octanol–water partition coefficient (Wildman–Crippen LogP) is 1.59. The molecule has 5 heteroatoms. The van der Waals surface area contributed by atoms with Crippen molar-refractivity contribution in [2.45, 2.75) is 37.9 Å². The fraction of sp³-hybridized carbons (Fsp3) is 0.778. The third kappa shape index (κ3) is 2.99. The van der Waals surface area contributed by atoms with Gasteiger partial charge in [0.25, 0.3) is 0 Å². The van der Waals surface area contributed by atoms with Crippen molar-refractivity contribution in [2.24, 2.45) is 7.05 Å². The van der Waals surface area contributed by atoms with Crippen molar-refractivity contribution in [3.05, 3.63) is 5.82 Å². The Morgan fingerprint density at radius 2 is 2.14 bits per heavy atom. The molecule has 0 aliphatic rings. The molecule has 1 aromatic rings. The van der Waals surface area contributed by atoms with Crippen LogP contribution in [0.15, 0.2) is 5.16 Å². The van der Waals surface area contributed by atoms with Crippen LogP contribution < -0.4 is 0 Å². The lowest BCUT2D eigenvalue weighted by Gasteiger charge is -2.01. The first kappa shape index (κ1) is 11.5. The Hall–Kier alpha value is -0.550. The lowest BCUT2D eigenvalue weighted by molar-refractivity contribution is 0.266. The van der Waals surface area contributed by atoms with E-state index in [0.29, 0.717) is 5.82 Å².